The largest absolute Gasteiger partial charge is 0.380 e. The maximum Gasteiger partial charge on any atom is 0.256 e. The second-order valence-corrected chi connectivity index (χ2v) is 6.14. The third-order valence-electron chi connectivity index (χ3n) is 3.37. The number of aliphatic hydroxyl groups is 1. The van der Waals surface area contributed by atoms with Crippen molar-refractivity contribution in [2.24, 2.45) is 0 Å². The Morgan fingerprint density at radius 3 is 2.61 bits per heavy atom. The zero-order valence-corrected chi connectivity index (χ0v) is 11.6. The van der Waals surface area contributed by atoms with Crippen LogP contribution >= 0.6 is 11.8 Å². The molecule has 1 heterocycles. The van der Waals surface area contributed by atoms with Gasteiger partial charge in [0, 0.05) is 5.69 Å². The van der Waals surface area contributed by atoms with E-state index in [9.17, 15) is 9.90 Å². The van der Waals surface area contributed by atoms with Crippen LogP contribution in [0.15, 0.2) is 18.2 Å². The van der Waals surface area contributed by atoms with Gasteiger partial charge in [0.2, 0.25) is 0 Å². The monoisotopic (exact) mass is 265 g/mol. The lowest BCUT2D eigenvalue weighted by Gasteiger charge is -2.30. The van der Waals surface area contributed by atoms with Crippen LogP contribution in [0.3, 0.4) is 0 Å². The number of carbonyl (C=O) groups is 1. The molecule has 0 atom stereocenters. The quantitative estimate of drug-likeness (QED) is 0.864. The van der Waals surface area contributed by atoms with Gasteiger partial charge in [-0.05, 0) is 49.8 Å². The van der Waals surface area contributed by atoms with E-state index in [0.717, 1.165) is 22.8 Å². The number of hydrogen-bond acceptors (Lipinski definition) is 3. The maximum atomic E-state index is 12.2. The molecule has 0 aromatic heterocycles. The van der Waals surface area contributed by atoms with Gasteiger partial charge in [-0.2, -0.15) is 11.8 Å². The fourth-order valence-corrected chi connectivity index (χ4v) is 3.30. The highest BCUT2D eigenvalue weighted by Crippen LogP contribution is 2.28. The number of aryl methyl sites for hydroxylation is 2. The highest BCUT2D eigenvalue weighted by atomic mass is 32.2. The van der Waals surface area contributed by atoms with Gasteiger partial charge in [-0.15, -0.1) is 0 Å². The number of amides is 1. The molecule has 2 rings (SSSR count). The summed E-state index contributed by atoms with van der Waals surface area (Å²) in [5.41, 5.74) is 1.79. The van der Waals surface area contributed by atoms with Gasteiger partial charge in [-0.1, -0.05) is 17.7 Å². The fraction of sp³-hybridized carbons (Fsp3) is 0.500. The molecule has 1 aromatic rings. The molecule has 1 fully saturated rings. The van der Waals surface area contributed by atoms with Gasteiger partial charge in [0.05, 0.1) is 0 Å². The first kappa shape index (κ1) is 13.4. The molecule has 1 amide bonds. The summed E-state index contributed by atoms with van der Waals surface area (Å²) in [4.78, 5) is 12.2. The number of hydrogen-bond donors (Lipinski definition) is 2. The minimum atomic E-state index is -1.19. The molecule has 1 aliphatic rings. The molecule has 0 unspecified atom stereocenters. The Labute approximate surface area is 112 Å². The van der Waals surface area contributed by atoms with Crippen molar-refractivity contribution in [2.45, 2.75) is 32.3 Å². The van der Waals surface area contributed by atoms with E-state index in [1.165, 1.54) is 5.56 Å². The summed E-state index contributed by atoms with van der Waals surface area (Å²) >= 11 is 1.79. The molecule has 1 aliphatic heterocycles. The zero-order valence-electron chi connectivity index (χ0n) is 10.8. The number of benzene rings is 1. The van der Waals surface area contributed by atoms with Crippen molar-refractivity contribution in [1.29, 1.82) is 0 Å². The van der Waals surface area contributed by atoms with Crippen molar-refractivity contribution in [3.05, 3.63) is 29.3 Å². The number of nitrogens with one attached hydrogen (secondary N) is 1. The Morgan fingerprint density at radius 1 is 1.33 bits per heavy atom. The average molecular weight is 265 g/mol. The highest BCUT2D eigenvalue weighted by Gasteiger charge is 2.37. The third-order valence-corrected chi connectivity index (χ3v) is 4.36. The van der Waals surface area contributed by atoms with Gasteiger partial charge in [0.1, 0.15) is 5.60 Å². The van der Waals surface area contributed by atoms with Crippen molar-refractivity contribution in [2.75, 3.05) is 16.8 Å². The van der Waals surface area contributed by atoms with E-state index in [1.54, 1.807) is 11.8 Å². The third kappa shape index (κ3) is 2.87. The molecule has 98 valence electrons. The summed E-state index contributed by atoms with van der Waals surface area (Å²) < 4.78 is 0. The first-order valence-corrected chi connectivity index (χ1v) is 7.35. The first-order chi connectivity index (χ1) is 8.51. The lowest BCUT2D eigenvalue weighted by atomic mass is 9.95. The van der Waals surface area contributed by atoms with E-state index < -0.39 is 5.60 Å². The maximum absolute atomic E-state index is 12.2. The minimum absolute atomic E-state index is 0.269. The molecule has 4 heteroatoms. The van der Waals surface area contributed by atoms with Crippen LogP contribution in [0.4, 0.5) is 5.69 Å². The standard InChI is InChI=1S/C14H19NO2S/c1-10-3-4-12(11(2)9-10)15-13(16)14(17)5-7-18-8-6-14/h3-4,9,17H,5-8H2,1-2H3,(H,15,16). The van der Waals surface area contributed by atoms with Crippen LogP contribution in [-0.4, -0.2) is 28.1 Å². The minimum Gasteiger partial charge on any atom is -0.380 e. The van der Waals surface area contributed by atoms with E-state index >= 15 is 0 Å². The topological polar surface area (TPSA) is 49.3 Å². The van der Waals surface area contributed by atoms with Gasteiger partial charge < -0.3 is 10.4 Å². The normalized spacial score (nSPS) is 18.4. The molecule has 0 spiro atoms. The molecule has 3 nitrogen and oxygen atoms in total. The second-order valence-electron chi connectivity index (χ2n) is 4.92. The van der Waals surface area contributed by atoms with Crippen LogP contribution in [0.1, 0.15) is 24.0 Å². The van der Waals surface area contributed by atoms with Crippen LogP contribution in [0.2, 0.25) is 0 Å². The number of anilines is 1. The molecule has 0 radical (unpaired) electrons. The van der Waals surface area contributed by atoms with Gasteiger partial charge >= 0.3 is 0 Å². The van der Waals surface area contributed by atoms with Crippen LogP contribution in [0.25, 0.3) is 0 Å². The zero-order chi connectivity index (χ0) is 13.2. The molecular weight excluding hydrogens is 246 g/mol. The van der Waals surface area contributed by atoms with Crippen molar-refractivity contribution in [3.8, 4) is 0 Å². The van der Waals surface area contributed by atoms with Crippen molar-refractivity contribution >= 4 is 23.4 Å². The van der Waals surface area contributed by atoms with E-state index in [2.05, 4.69) is 5.32 Å². The van der Waals surface area contributed by atoms with Crippen molar-refractivity contribution in [3.63, 3.8) is 0 Å². The molecule has 18 heavy (non-hydrogen) atoms. The predicted molar refractivity (Wildman–Crippen MR) is 76.1 cm³/mol. The van der Waals surface area contributed by atoms with Crippen molar-refractivity contribution < 1.29 is 9.90 Å². The first-order valence-electron chi connectivity index (χ1n) is 6.20. The Bertz CT molecular complexity index is 453. The van der Waals surface area contributed by atoms with Gasteiger partial charge in [-0.3, -0.25) is 4.79 Å². The molecule has 0 bridgehead atoms. The summed E-state index contributed by atoms with van der Waals surface area (Å²) in [7, 11) is 0. The second kappa shape index (κ2) is 5.33. The molecule has 1 aromatic carbocycles. The summed E-state index contributed by atoms with van der Waals surface area (Å²) in [5.74, 6) is 1.42. The summed E-state index contributed by atoms with van der Waals surface area (Å²) in [6.45, 7) is 3.98. The highest BCUT2D eigenvalue weighted by molar-refractivity contribution is 7.99. The van der Waals surface area contributed by atoms with Gasteiger partial charge in [0.25, 0.3) is 5.91 Å². The Kier molecular flexibility index (Phi) is 3.97. The summed E-state index contributed by atoms with van der Waals surface area (Å²) in [6, 6.07) is 5.88. The molecular formula is C14H19NO2S. The fourth-order valence-electron chi connectivity index (χ4n) is 2.13. The van der Waals surface area contributed by atoms with Gasteiger partial charge in [-0.25, -0.2) is 0 Å². The van der Waals surface area contributed by atoms with E-state index in [-0.39, 0.29) is 5.91 Å². The molecule has 2 N–H and O–H groups in total. The van der Waals surface area contributed by atoms with Crippen LogP contribution < -0.4 is 5.32 Å². The lowest BCUT2D eigenvalue weighted by molar-refractivity contribution is -0.134. The SMILES string of the molecule is Cc1ccc(NC(=O)C2(O)CCSCC2)c(C)c1. The number of rotatable bonds is 2. The molecule has 1 saturated heterocycles. The smallest absolute Gasteiger partial charge is 0.256 e. The summed E-state index contributed by atoms with van der Waals surface area (Å²) in [5, 5.41) is 13.2. The molecule has 0 aliphatic carbocycles. The molecule has 0 saturated carbocycles. The number of thioether (sulfide) groups is 1. The van der Waals surface area contributed by atoms with E-state index in [0.29, 0.717) is 12.8 Å². The van der Waals surface area contributed by atoms with Crippen LogP contribution in [0.5, 0.6) is 0 Å². The summed E-state index contributed by atoms with van der Waals surface area (Å²) in [6.07, 6.45) is 1.07. The Morgan fingerprint density at radius 2 is 2.00 bits per heavy atom. The predicted octanol–water partition coefficient (Wildman–Crippen LogP) is 2.50. The lowest BCUT2D eigenvalue weighted by Crippen LogP contribution is -2.45. The van der Waals surface area contributed by atoms with E-state index in [4.69, 9.17) is 0 Å². The van der Waals surface area contributed by atoms with Crippen LogP contribution in [0, 0.1) is 13.8 Å². The van der Waals surface area contributed by atoms with Crippen molar-refractivity contribution in [1.82, 2.24) is 0 Å². The Hall–Kier alpha value is -1.00. The average Bonchev–Trinajstić information content (AvgIpc) is 2.33. The van der Waals surface area contributed by atoms with E-state index in [1.807, 2.05) is 32.0 Å². The Balaban J connectivity index is 2.11. The number of carbonyl (C=O) groups excluding carboxylic acids is 1. The van der Waals surface area contributed by atoms with Gasteiger partial charge in [0.15, 0.2) is 0 Å². The van der Waals surface area contributed by atoms with Crippen LogP contribution in [-0.2, 0) is 4.79 Å².